The van der Waals surface area contributed by atoms with E-state index in [0.717, 1.165) is 24.2 Å². The monoisotopic (exact) mass is 430 g/mol. The van der Waals surface area contributed by atoms with Crippen LogP contribution >= 0.6 is 11.6 Å². The third-order valence-corrected chi connectivity index (χ3v) is 6.35. The molecule has 156 valence electrons. The molecule has 2 N–H and O–H groups in total. The van der Waals surface area contributed by atoms with Crippen molar-refractivity contribution < 1.29 is 5.11 Å². The van der Waals surface area contributed by atoms with Gasteiger partial charge < -0.3 is 15.0 Å². The van der Waals surface area contributed by atoms with Crippen molar-refractivity contribution in [2.24, 2.45) is 0 Å². The summed E-state index contributed by atoms with van der Waals surface area (Å²) >= 11 is 6.57. The van der Waals surface area contributed by atoms with Crippen LogP contribution in [0.5, 0.6) is 5.75 Å². The van der Waals surface area contributed by atoms with Crippen LogP contribution in [-0.2, 0) is 0 Å². The highest BCUT2D eigenvalue weighted by molar-refractivity contribution is 6.34. The first-order valence-electron chi connectivity index (χ1n) is 10.6. The van der Waals surface area contributed by atoms with Crippen LogP contribution in [-0.4, -0.2) is 23.2 Å². The Balaban J connectivity index is 1.59. The van der Waals surface area contributed by atoms with Gasteiger partial charge in [-0.25, -0.2) is 0 Å². The summed E-state index contributed by atoms with van der Waals surface area (Å²) in [5.41, 5.74) is 4.12. The van der Waals surface area contributed by atoms with E-state index >= 15 is 0 Å². The van der Waals surface area contributed by atoms with Gasteiger partial charge in [0.25, 0.3) is 5.56 Å². The number of hydrogen-bond acceptors (Lipinski definition) is 3. The van der Waals surface area contributed by atoms with Crippen LogP contribution in [0, 0.1) is 0 Å². The largest absolute Gasteiger partial charge is 0.506 e. The van der Waals surface area contributed by atoms with Crippen LogP contribution in [0.1, 0.15) is 19.3 Å². The summed E-state index contributed by atoms with van der Waals surface area (Å²) in [5.74, 6) is -0.0344. The van der Waals surface area contributed by atoms with E-state index in [9.17, 15) is 9.90 Å². The summed E-state index contributed by atoms with van der Waals surface area (Å²) in [6, 6.07) is 21.1. The summed E-state index contributed by atoms with van der Waals surface area (Å²) in [6.45, 7) is 2.19. The molecule has 0 saturated carbocycles. The number of nitrogens with zero attached hydrogens (tertiary/aromatic N) is 1. The van der Waals surface area contributed by atoms with E-state index in [1.54, 1.807) is 6.07 Å². The normalized spacial score (nSPS) is 14.2. The molecule has 0 radical (unpaired) electrons. The molecule has 0 spiro atoms. The minimum Gasteiger partial charge on any atom is -0.506 e. The smallest absolute Gasteiger partial charge is 0.260 e. The fraction of sp³-hybridized carbons (Fsp3) is 0.192. The fourth-order valence-corrected chi connectivity index (χ4v) is 4.67. The number of anilines is 1. The van der Waals surface area contributed by atoms with Crippen LogP contribution in [0.15, 0.2) is 71.5 Å². The zero-order valence-electron chi connectivity index (χ0n) is 17.1. The summed E-state index contributed by atoms with van der Waals surface area (Å²) in [5, 5.41) is 12.1. The lowest BCUT2D eigenvalue weighted by molar-refractivity contribution is 0.482. The van der Waals surface area contributed by atoms with E-state index in [1.807, 2.05) is 36.4 Å². The Bertz CT molecular complexity index is 1290. The minimum absolute atomic E-state index is 0.0344. The van der Waals surface area contributed by atoms with Crippen LogP contribution in [0.2, 0.25) is 5.02 Å². The third kappa shape index (κ3) is 3.68. The van der Waals surface area contributed by atoms with E-state index in [4.69, 9.17) is 11.6 Å². The first-order valence-corrected chi connectivity index (χ1v) is 11.0. The van der Waals surface area contributed by atoms with Gasteiger partial charge in [0.2, 0.25) is 0 Å². The number of nitrogens with one attached hydrogen (secondary N) is 1. The lowest BCUT2D eigenvalue weighted by Crippen LogP contribution is -2.29. The first kappa shape index (κ1) is 19.7. The number of H-pyrrole nitrogens is 1. The van der Waals surface area contributed by atoms with Gasteiger partial charge in [0.05, 0.1) is 16.1 Å². The van der Waals surface area contributed by atoms with Gasteiger partial charge in [-0.05, 0) is 54.7 Å². The Morgan fingerprint density at radius 1 is 0.871 bits per heavy atom. The Morgan fingerprint density at radius 2 is 1.58 bits per heavy atom. The second-order valence-electron chi connectivity index (χ2n) is 8.02. The Kier molecular flexibility index (Phi) is 5.16. The third-order valence-electron chi connectivity index (χ3n) is 6.04. The zero-order chi connectivity index (χ0) is 21.4. The van der Waals surface area contributed by atoms with Gasteiger partial charge in [0.1, 0.15) is 5.75 Å². The number of fused-ring (bicyclic) bond motifs is 1. The first-order chi connectivity index (χ1) is 15.1. The van der Waals surface area contributed by atoms with E-state index in [0.29, 0.717) is 21.5 Å². The van der Waals surface area contributed by atoms with Gasteiger partial charge in [-0.1, -0.05) is 54.1 Å². The van der Waals surface area contributed by atoms with Crippen LogP contribution in [0.4, 0.5) is 5.69 Å². The average molecular weight is 431 g/mol. The van der Waals surface area contributed by atoms with Crippen molar-refractivity contribution in [3.05, 3.63) is 82.1 Å². The number of pyridine rings is 1. The molecule has 1 fully saturated rings. The maximum atomic E-state index is 12.6. The predicted molar refractivity (Wildman–Crippen MR) is 128 cm³/mol. The average Bonchev–Trinajstić information content (AvgIpc) is 2.80. The summed E-state index contributed by atoms with van der Waals surface area (Å²) in [7, 11) is 0. The quantitative estimate of drug-likeness (QED) is 0.406. The minimum atomic E-state index is -0.342. The molecule has 4 aromatic rings. The van der Waals surface area contributed by atoms with Gasteiger partial charge in [-0.2, -0.15) is 0 Å². The summed E-state index contributed by atoms with van der Waals surface area (Å²) < 4.78 is 0. The molecule has 4 nitrogen and oxygen atoms in total. The standard InChI is InChI=1S/C26H23ClN2O2/c27-22-16-23-21(25(30)24(26(31)28-23)18-7-3-1-4-8-18)15-20(22)17-9-11-19(12-10-17)29-13-5-2-6-14-29/h1,3-4,7-12,15-16H,2,5-6,13-14H2,(H2,28,30,31). The molecule has 0 amide bonds. The number of aromatic nitrogens is 1. The highest BCUT2D eigenvalue weighted by atomic mass is 35.5. The predicted octanol–water partition coefficient (Wildman–Crippen LogP) is 6.21. The SMILES string of the molecule is O=c1[nH]c2cc(Cl)c(-c3ccc(N4CCCCC4)cc3)cc2c(O)c1-c1ccccc1. The molecule has 1 aliphatic heterocycles. The van der Waals surface area contributed by atoms with Crippen molar-refractivity contribution in [1.82, 2.24) is 4.98 Å². The van der Waals surface area contributed by atoms with E-state index in [2.05, 4.69) is 34.1 Å². The number of hydrogen-bond donors (Lipinski definition) is 2. The highest BCUT2D eigenvalue weighted by Crippen LogP contribution is 2.38. The molecule has 5 heteroatoms. The molecule has 3 aromatic carbocycles. The Hall–Kier alpha value is -3.24. The van der Waals surface area contributed by atoms with Gasteiger partial charge in [0.15, 0.2) is 0 Å². The number of piperidine rings is 1. The number of rotatable bonds is 3. The lowest BCUT2D eigenvalue weighted by atomic mass is 9.99. The number of aromatic amines is 1. The van der Waals surface area contributed by atoms with Crippen molar-refractivity contribution in [3.8, 4) is 28.0 Å². The summed E-state index contributed by atoms with van der Waals surface area (Å²) in [4.78, 5) is 17.9. The maximum absolute atomic E-state index is 12.6. The van der Waals surface area contributed by atoms with Crippen molar-refractivity contribution in [1.29, 1.82) is 0 Å². The molecule has 1 aliphatic rings. The summed E-state index contributed by atoms with van der Waals surface area (Å²) in [6.07, 6.45) is 3.77. The lowest BCUT2D eigenvalue weighted by Gasteiger charge is -2.28. The van der Waals surface area contributed by atoms with Crippen molar-refractivity contribution >= 4 is 28.2 Å². The molecule has 0 atom stereocenters. The van der Waals surface area contributed by atoms with E-state index in [-0.39, 0.29) is 16.9 Å². The molecular weight excluding hydrogens is 408 g/mol. The molecule has 31 heavy (non-hydrogen) atoms. The van der Waals surface area contributed by atoms with E-state index < -0.39 is 0 Å². The topological polar surface area (TPSA) is 56.3 Å². The van der Waals surface area contributed by atoms with Crippen molar-refractivity contribution in [2.45, 2.75) is 19.3 Å². The maximum Gasteiger partial charge on any atom is 0.260 e. The van der Waals surface area contributed by atoms with Gasteiger partial charge in [-0.15, -0.1) is 0 Å². The number of halogens is 1. The second-order valence-corrected chi connectivity index (χ2v) is 8.42. The van der Waals surface area contributed by atoms with Gasteiger partial charge in [-0.3, -0.25) is 4.79 Å². The second kappa shape index (κ2) is 8.12. The van der Waals surface area contributed by atoms with Crippen LogP contribution in [0.25, 0.3) is 33.2 Å². The molecule has 1 saturated heterocycles. The van der Waals surface area contributed by atoms with Crippen LogP contribution < -0.4 is 10.5 Å². The highest BCUT2D eigenvalue weighted by Gasteiger charge is 2.17. The zero-order valence-corrected chi connectivity index (χ0v) is 17.8. The van der Waals surface area contributed by atoms with Crippen LogP contribution in [0.3, 0.4) is 0 Å². The van der Waals surface area contributed by atoms with Crippen molar-refractivity contribution in [3.63, 3.8) is 0 Å². The molecule has 1 aromatic heterocycles. The molecule has 2 heterocycles. The number of aromatic hydroxyl groups is 1. The molecule has 0 aliphatic carbocycles. The van der Waals surface area contributed by atoms with E-state index in [1.165, 1.54) is 24.9 Å². The van der Waals surface area contributed by atoms with Crippen molar-refractivity contribution in [2.75, 3.05) is 18.0 Å². The fourth-order valence-electron chi connectivity index (χ4n) is 4.40. The molecule has 0 bridgehead atoms. The molecular formula is C26H23ClN2O2. The molecule has 5 rings (SSSR count). The van der Waals surface area contributed by atoms with Gasteiger partial charge in [0, 0.05) is 29.7 Å². The Labute approximate surface area is 185 Å². The Morgan fingerprint density at radius 3 is 2.29 bits per heavy atom. The van der Waals surface area contributed by atoms with Gasteiger partial charge >= 0.3 is 0 Å². The molecule has 0 unspecified atom stereocenters. The number of benzene rings is 3.